The molecule has 1 fully saturated rings. The Morgan fingerprint density at radius 3 is 2.74 bits per heavy atom. The summed E-state index contributed by atoms with van der Waals surface area (Å²) >= 11 is 0. The van der Waals surface area contributed by atoms with Gasteiger partial charge in [-0.3, -0.25) is 0 Å². The van der Waals surface area contributed by atoms with Crippen LogP contribution in [0, 0.1) is 0 Å². The van der Waals surface area contributed by atoms with E-state index in [0.29, 0.717) is 12.2 Å². The van der Waals surface area contributed by atoms with E-state index in [9.17, 15) is 8.42 Å². The molecule has 1 atom stereocenters. The van der Waals surface area contributed by atoms with Crippen LogP contribution in [0.4, 0.5) is 11.6 Å². The molecule has 0 amide bonds. The number of aromatic nitrogens is 2. The van der Waals surface area contributed by atoms with Crippen molar-refractivity contribution in [1.82, 2.24) is 9.97 Å². The van der Waals surface area contributed by atoms with Gasteiger partial charge in [0.25, 0.3) is 0 Å². The lowest BCUT2D eigenvalue weighted by Gasteiger charge is -2.24. The van der Waals surface area contributed by atoms with Crippen LogP contribution >= 0.6 is 0 Å². The number of hydrogen-bond acceptors (Lipinski definition) is 6. The zero-order valence-corrected chi connectivity index (χ0v) is 12.1. The highest BCUT2D eigenvalue weighted by Gasteiger charge is 2.38. The third-order valence-electron chi connectivity index (χ3n) is 3.16. The molecule has 2 heterocycles. The van der Waals surface area contributed by atoms with Crippen molar-refractivity contribution in [3.63, 3.8) is 0 Å². The van der Waals surface area contributed by atoms with Crippen molar-refractivity contribution in [2.24, 2.45) is 0 Å². The molecule has 0 aliphatic carbocycles. The van der Waals surface area contributed by atoms with E-state index in [4.69, 9.17) is 0 Å². The van der Waals surface area contributed by atoms with Gasteiger partial charge < -0.3 is 10.6 Å². The van der Waals surface area contributed by atoms with Gasteiger partial charge in [0.15, 0.2) is 9.84 Å². The monoisotopic (exact) mass is 284 g/mol. The predicted octanol–water partition coefficient (Wildman–Crippen LogP) is 1.29. The van der Waals surface area contributed by atoms with Gasteiger partial charge in [-0.1, -0.05) is 6.92 Å². The molecule has 0 saturated carbocycles. The molecule has 106 valence electrons. The van der Waals surface area contributed by atoms with Crippen molar-refractivity contribution in [2.45, 2.75) is 32.2 Å². The highest BCUT2D eigenvalue weighted by atomic mass is 32.2. The third-order valence-corrected chi connectivity index (χ3v) is 5.06. The van der Waals surface area contributed by atoms with Gasteiger partial charge in [0.05, 0.1) is 17.0 Å². The quantitative estimate of drug-likeness (QED) is 0.847. The summed E-state index contributed by atoms with van der Waals surface area (Å²) in [5.74, 6) is 1.81. The number of sulfone groups is 1. The summed E-state index contributed by atoms with van der Waals surface area (Å²) in [6.07, 6.45) is 3.10. The van der Waals surface area contributed by atoms with Crippen molar-refractivity contribution in [2.75, 3.05) is 28.7 Å². The van der Waals surface area contributed by atoms with Gasteiger partial charge in [-0.25, -0.2) is 18.4 Å². The van der Waals surface area contributed by atoms with Crippen LogP contribution in [0.25, 0.3) is 0 Å². The zero-order chi connectivity index (χ0) is 13.9. The van der Waals surface area contributed by atoms with Crippen LogP contribution in [0.15, 0.2) is 12.4 Å². The van der Waals surface area contributed by atoms with Crippen LogP contribution in [-0.4, -0.2) is 42.0 Å². The molecule has 19 heavy (non-hydrogen) atoms. The minimum atomic E-state index is -2.92. The lowest BCUT2D eigenvalue weighted by atomic mass is 10.0. The van der Waals surface area contributed by atoms with Gasteiger partial charge in [0.1, 0.15) is 18.0 Å². The maximum Gasteiger partial charge on any atom is 0.152 e. The molecule has 1 saturated heterocycles. The second-order valence-corrected chi connectivity index (χ2v) is 7.43. The second-order valence-electron chi connectivity index (χ2n) is 5.24. The third kappa shape index (κ3) is 3.79. The predicted molar refractivity (Wildman–Crippen MR) is 76.1 cm³/mol. The second kappa shape index (κ2) is 5.32. The normalized spacial score (nSPS) is 25.2. The molecule has 0 radical (unpaired) electrons. The smallest absolute Gasteiger partial charge is 0.152 e. The van der Waals surface area contributed by atoms with E-state index < -0.39 is 15.4 Å². The largest absolute Gasteiger partial charge is 0.370 e. The van der Waals surface area contributed by atoms with Crippen LogP contribution in [0.1, 0.15) is 26.7 Å². The lowest BCUT2D eigenvalue weighted by Crippen LogP contribution is -2.36. The number of nitrogens with zero attached hydrogens (tertiary/aromatic N) is 2. The van der Waals surface area contributed by atoms with Crippen LogP contribution in [0.2, 0.25) is 0 Å². The summed E-state index contributed by atoms with van der Waals surface area (Å²) in [4.78, 5) is 8.27. The summed E-state index contributed by atoms with van der Waals surface area (Å²) in [6, 6.07) is 1.81. The fourth-order valence-corrected chi connectivity index (χ4v) is 4.29. The highest BCUT2D eigenvalue weighted by Crippen LogP contribution is 2.27. The van der Waals surface area contributed by atoms with Crippen LogP contribution in [0.5, 0.6) is 0 Å². The Morgan fingerprint density at radius 1 is 1.37 bits per heavy atom. The molecule has 7 heteroatoms. The Balaban J connectivity index is 2.07. The summed E-state index contributed by atoms with van der Waals surface area (Å²) in [5, 5.41) is 6.40. The molecular weight excluding hydrogens is 264 g/mol. The maximum absolute atomic E-state index is 11.6. The van der Waals surface area contributed by atoms with Crippen LogP contribution in [-0.2, 0) is 9.84 Å². The average Bonchev–Trinajstić information content (AvgIpc) is 2.61. The molecule has 1 aliphatic rings. The van der Waals surface area contributed by atoms with Crippen molar-refractivity contribution in [3.05, 3.63) is 12.4 Å². The van der Waals surface area contributed by atoms with E-state index in [0.717, 1.165) is 18.8 Å². The zero-order valence-electron chi connectivity index (χ0n) is 11.3. The van der Waals surface area contributed by atoms with Crippen LogP contribution in [0.3, 0.4) is 0 Å². The molecule has 1 unspecified atom stereocenters. The van der Waals surface area contributed by atoms with Crippen molar-refractivity contribution < 1.29 is 8.42 Å². The van der Waals surface area contributed by atoms with E-state index in [-0.39, 0.29) is 11.5 Å². The fourth-order valence-electron chi connectivity index (χ4n) is 2.19. The van der Waals surface area contributed by atoms with Crippen LogP contribution < -0.4 is 10.6 Å². The maximum atomic E-state index is 11.6. The Kier molecular flexibility index (Phi) is 3.93. The van der Waals surface area contributed by atoms with Crippen molar-refractivity contribution in [1.29, 1.82) is 0 Å². The number of hydrogen-bond donors (Lipinski definition) is 2. The lowest BCUT2D eigenvalue weighted by molar-refractivity contribution is 0.572. The molecular formula is C12H20N4O2S. The summed E-state index contributed by atoms with van der Waals surface area (Å²) in [5.41, 5.74) is -0.435. The Hall–Kier alpha value is -1.37. The highest BCUT2D eigenvalue weighted by molar-refractivity contribution is 7.91. The Labute approximate surface area is 114 Å². The average molecular weight is 284 g/mol. The number of anilines is 2. The fraction of sp³-hybridized carbons (Fsp3) is 0.667. The molecule has 0 bridgehead atoms. The molecule has 6 nitrogen and oxygen atoms in total. The standard InChI is InChI=1S/C12H20N4O2S/c1-3-5-13-10-7-11(15-9-14-10)16-12(2)4-6-19(17,18)8-12/h7,9H,3-6,8H2,1-2H3,(H2,13,14,15,16). The van der Waals surface area contributed by atoms with E-state index in [2.05, 4.69) is 27.5 Å². The Bertz CT molecular complexity index is 546. The molecule has 1 aliphatic heterocycles. The van der Waals surface area contributed by atoms with Gasteiger partial charge in [-0.15, -0.1) is 0 Å². The first-order chi connectivity index (χ1) is 8.92. The van der Waals surface area contributed by atoms with Gasteiger partial charge in [-0.2, -0.15) is 0 Å². The van der Waals surface area contributed by atoms with Gasteiger partial charge in [0, 0.05) is 12.6 Å². The first-order valence-electron chi connectivity index (χ1n) is 6.47. The first kappa shape index (κ1) is 14.0. The van der Waals surface area contributed by atoms with E-state index >= 15 is 0 Å². The molecule has 1 aromatic rings. The van der Waals surface area contributed by atoms with Gasteiger partial charge >= 0.3 is 0 Å². The van der Waals surface area contributed by atoms with E-state index in [1.54, 1.807) is 0 Å². The summed E-state index contributed by atoms with van der Waals surface area (Å²) < 4.78 is 23.1. The van der Waals surface area contributed by atoms with E-state index in [1.165, 1.54) is 6.33 Å². The molecule has 2 N–H and O–H groups in total. The summed E-state index contributed by atoms with van der Waals surface area (Å²) in [6.45, 7) is 4.85. The van der Waals surface area contributed by atoms with E-state index in [1.807, 2.05) is 13.0 Å². The molecule has 2 rings (SSSR count). The first-order valence-corrected chi connectivity index (χ1v) is 8.29. The van der Waals surface area contributed by atoms with Gasteiger partial charge in [-0.05, 0) is 19.8 Å². The topological polar surface area (TPSA) is 84.0 Å². The van der Waals surface area contributed by atoms with Crippen molar-refractivity contribution >= 4 is 21.5 Å². The molecule has 0 spiro atoms. The summed E-state index contributed by atoms with van der Waals surface area (Å²) in [7, 11) is -2.92. The number of rotatable bonds is 5. The number of nitrogens with one attached hydrogen (secondary N) is 2. The minimum absolute atomic E-state index is 0.154. The molecule has 0 aromatic carbocycles. The molecule has 1 aromatic heterocycles. The minimum Gasteiger partial charge on any atom is -0.370 e. The SMILES string of the molecule is CCCNc1cc(NC2(C)CCS(=O)(=O)C2)ncn1. The van der Waals surface area contributed by atoms with Gasteiger partial charge in [0.2, 0.25) is 0 Å². The van der Waals surface area contributed by atoms with Crippen molar-refractivity contribution in [3.8, 4) is 0 Å². The Morgan fingerprint density at radius 2 is 2.11 bits per heavy atom.